The summed E-state index contributed by atoms with van der Waals surface area (Å²) >= 11 is 0. The van der Waals surface area contributed by atoms with Gasteiger partial charge in [-0.15, -0.1) is 8.78 Å². The number of alkyl halides is 2. The molecule has 2 aromatic rings. The molecule has 1 aromatic heterocycles. The van der Waals surface area contributed by atoms with Crippen molar-refractivity contribution in [1.29, 1.82) is 0 Å². The highest BCUT2D eigenvalue weighted by atomic mass is 19.3. The van der Waals surface area contributed by atoms with Gasteiger partial charge in [0, 0.05) is 19.1 Å². The van der Waals surface area contributed by atoms with Gasteiger partial charge in [0.1, 0.15) is 5.52 Å². The zero-order valence-corrected chi connectivity index (χ0v) is 7.58. The number of fused-ring (bicyclic) bond motifs is 2. The Morgan fingerprint density at radius 1 is 1.20 bits per heavy atom. The highest BCUT2D eigenvalue weighted by Crippen LogP contribution is 2.43. The van der Waals surface area contributed by atoms with Crippen molar-refractivity contribution in [3.8, 4) is 11.5 Å². The number of rotatable bonds is 0. The molecule has 1 aliphatic rings. The predicted octanol–water partition coefficient (Wildman–Crippen LogP) is 2.46. The number of hydrogen-bond acceptors (Lipinski definition) is 4. The third-order valence-electron chi connectivity index (χ3n) is 2.02. The molecule has 15 heavy (non-hydrogen) atoms. The van der Waals surface area contributed by atoms with E-state index in [-0.39, 0.29) is 11.5 Å². The molecular weight excluding hydrogens is 208 g/mol. The Bertz CT molecular complexity index is 505. The highest BCUT2D eigenvalue weighted by molar-refractivity contribution is 5.78. The minimum atomic E-state index is -3.60. The zero-order valence-electron chi connectivity index (χ0n) is 7.58. The smallest absolute Gasteiger partial charge is 0.441 e. The number of oxazole rings is 1. The summed E-state index contributed by atoms with van der Waals surface area (Å²) in [5.41, 5.74) is 0.861. The van der Waals surface area contributed by atoms with E-state index >= 15 is 0 Å². The van der Waals surface area contributed by atoms with Crippen LogP contribution in [0.2, 0.25) is 0 Å². The lowest BCUT2D eigenvalue weighted by atomic mass is 10.3. The van der Waals surface area contributed by atoms with Crippen LogP contribution in [0, 0.1) is 6.92 Å². The minimum absolute atomic E-state index is 0.0270. The maximum Gasteiger partial charge on any atom is 0.586 e. The van der Waals surface area contributed by atoms with E-state index < -0.39 is 6.29 Å². The first-order valence-electron chi connectivity index (χ1n) is 4.20. The van der Waals surface area contributed by atoms with Gasteiger partial charge >= 0.3 is 6.29 Å². The van der Waals surface area contributed by atoms with Crippen LogP contribution in [0.25, 0.3) is 11.1 Å². The SMILES string of the molecule is Cc1nc2cc3c(cc2o1)OC(F)(F)O3. The molecule has 0 spiro atoms. The van der Waals surface area contributed by atoms with Crippen molar-refractivity contribution in [2.75, 3.05) is 0 Å². The van der Waals surface area contributed by atoms with E-state index in [1.54, 1.807) is 6.92 Å². The molecule has 78 valence electrons. The molecule has 0 bridgehead atoms. The van der Waals surface area contributed by atoms with Crippen LogP contribution < -0.4 is 9.47 Å². The van der Waals surface area contributed by atoms with E-state index in [0.717, 1.165) is 0 Å². The summed E-state index contributed by atoms with van der Waals surface area (Å²) in [6, 6.07) is 2.70. The quantitative estimate of drug-likeness (QED) is 0.674. The molecule has 0 N–H and O–H groups in total. The Hall–Kier alpha value is -1.85. The lowest BCUT2D eigenvalue weighted by Gasteiger charge is -2.04. The molecule has 6 heteroatoms. The van der Waals surface area contributed by atoms with Crippen molar-refractivity contribution >= 4 is 11.1 Å². The molecule has 0 aliphatic carbocycles. The van der Waals surface area contributed by atoms with Gasteiger partial charge in [0.05, 0.1) is 0 Å². The first-order valence-corrected chi connectivity index (χ1v) is 4.20. The van der Waals surface area contributed by atoms with E-state index in [4.69, 9.17) is 4.42 Å². The summed E-state index contributed by atoms with van der Waals surface area (Å²) in [4.78, 5) is 3.99. The van der Waals surface area contributed by atoms with Crippen molar-refractivity contribution in [2.45, 2.75) is 13.2 Å². The standard InChI is InChI=1S/C9H5F2NO3/c1-4-12-5-2-7-8(3-6(5)13-4)15-9(10,11)14-7/h2-3H,1H3. The average Bonchev–Trinajstić information content (AvgIpc) is 2.55. The second kappa shape index (κ2) is 2.39. The lowest BCUT2D eigenvalue weighted by Crippen LogP contribution is -2.25. The van der Waals surface area contributed by atoms with Crippen LogP contribution in [0.3, 0.4) is 0 Å². The van der Waals surface area contributed by atoms with Crippen molar-refractivity contribution in [3.63, 3.8) is 0 Å². The van der Waals surface area contributed by atoms with Crippen molar-refractivity contribution in [2.24, 2.45) is 0 Å². The van der Waals surface area contributed by atoms with Crippen LogP contribution >= 0.6 is 0 Å². The highest BCUT2D eigenvalue weighted by Gasteiger charge is 2.43. The molecule has 0 atom stereocenters. The normalized spacial score (nSPS) is 17.3. The van der Waals surface area contributed by atoms with E-state index in [0.29, 0.717) is 17.0 Å². The van der Waals surface area contributed by atoms with Crippen LogP contribution in [0.15, 0.2) is 16.5 Å². The van der Waals surface area contributed by atoms with Gasteiger partial charge in [0.2, 0.25) is 0 Å². The lowest BCUT2D eigenvalue weighted by molar-refractivity contribution is -0.286. The monoisotopic (exact) mass is 213 g/mol. The number of halogens is 2. The molecule has 3 rings (SSSR count). The molecule has 0 fully saturated rings. The Kier molecular flexibility index (Phi) is 1.35. The number of benzene rings is 1. The molecule has 4 nitrogen and oxygen atoms in total. The minimum Gasteiger partial charge on any atom is -0.441 e. The van der Waals surface area contributed by atoms with E-state index in [1.807, 2.05) is 0 Å². The second-order valence-corrected chi connectivity index (χ2v) is 3.17. The number of aromatic nitrogens is 1. The van der Waals surface area contributed by atoms with Crippen LogP contribution in [0.5, 0.6) is 11.5 Å². The fourth-order valence-electron chi connectivity index (χ4n) is 1.49. The topological polar surface area (TPSA) is 44.5 Å². The van der Waals surface area contributed by atoms with Crippen LogP contribution in [0.4, 0.5) is 8.78 Å². The first-order chi connectivity index (χ1) is 7.03. The number of nitrogens with zero attached hydrogens (tertiary/aromatic N) is 1. The van der Waals surface area contributed by atoms with Gasteiger partial charge in [-0.25, -0.2) is 4.98 Å². The Morgan fingerprint density at radius 2 is 1.87 bits per heavy atom. The fraction of sp³-hybridized carbons (Fsp3) is 0.222. The molecule has 1 aliphatic heterocycles. The van der Waals surface area contributed by atoms with Crippen molar-refractivity contribution < 1.29 is 22.7 Å². The third-order valence-corrected chi connectivity index (χ3v) is 2.02. The molecule has 0 unspecified atom stereocenters. The summed E-state index contributed by atoms with van der Waals surface area (Å²) < 4.78 is 39.1. The Balaban J connectivity index is 2.21. The van der Waals surface area contributed by atoms with Crippen LogP contribution in [0.1, 0.15) is 5.89 Å². The second-order valence-electron chi connectivity index (χ2n) is 3.17. The predicted molar refractivity (Wildman–Crippen MR) is 44.9 cm³/mol. The van der Waals surface area contributed by atoms with E-state index in [9.17, 15) is 8.78 Å². The molecule has 2 heterocycles. The summed E-state index contributed by atoms with van der Waals surface area (Å²) in [7, 11) is 0. The van der Waals surface area contributed by atoms with Gasteiger partial charge in [-0.05, 0) is 0 Å². The van der Waals surface area contributed by atoms with Crippen molar-refractivity contribution in [3.05, 3.63) is 18.0 Å². The van der Waals surface area contributed by atoms with Gasteiger partial charge in [0.15, 0.2) is 23.0 Å². The van der Waals surface area contributed by atoms with Gasteiger partial charge in [0.25, 0.3) is 0 Å². The molecule has 0 saturated heterocycles. The van der Waals surface area contributed by atoms with Gasteiger partial charge in [-0.3, -0.25) is 0 Å². The first kappa shape index (κ1) is 8.46. The van der Waals surface area contributed by atoms with Crippen LogP contribution in [-0.2, 0) is 0 Å². The van der Waals surface area contributed by atoms with E-state index in [2.05, 4.69) is 14.5 Å². The Morgan fingerprint density at radius 3 is 2.60 bits per heavy atom. The maximum absolute atomic E-state index is 12.7. The molecule has 0 amide bonds. The van der Waals surface area contributed by atoms with E-state index in [1.165, 1.54) is 12.1 Å². The third kappa shape index (κ3) is 1.21. The molecular formula is C9H5F2NO3. The molecule has 0 radical (unpaired) electrons. The van der Waals surface area contributed by atoms with Crippen LogP contribution in [-0.4, -0.2) is 11.3 Å². The number of hydrogen-bond donors (Lipinski definition) is 0. The number of aryl methyl sites for hydroxylation is 1. The maximum atomic E-state index is 12.7. The van der Waals surface area contributed by atoms with Gasteiger partial charge in [-0.1, -0.05) is 0 Å². The summed E-state index contributed by atoms with van der Waals surface area (Å²) in [5.74, 6) is 0.393. The zero-order chi connectivity index (χ0) is 10.6. The Labute approximate surface area is 82.4 Å². The number of ether oxygens (including phenoxy) is 2. The van der Waals surface area contributed by atoms with Gasteiger partial charge in [-0.2, -0.15) is 0 Å². The molecule has 1 aromatic carbocycles. The molecule has 0 saturated carbocycles. The van der Waals surface area contributed by atoms with Crippen molar-refractivity contribution in [1.82, 2.24) is 4.98 Å². The van der Waals surface area contributed by atoms with Gasteiger partial charge < -0.3 is 13.9 Å². The largest absolute Gasteiger partial charge is 0.586 e. The summed E-state index contributed by atoms with van der Waals surface area (Å²) in [5, 5.41) is 0. The fourth-order valence-corrected chi connectivity index (χ4v) is 1.49. The summed E-state index contributed by atoms with van der Waals surface area (Å²) in [6.07, 6.45) is -3.60. The summed E-state index contributed by atoms with van der Waals surface area (Å²) in [6.45, 7) is 1.67. The average molecular weight is 213 g/mol.